The quantitative estimate of drug-likeness (QED) is 0.709. The van der Waals surface area contributed by atoms with Crippen molar-refractivity contribution >= 4 is 22.9 Å². The average molecular weight is 251 g/mol. The molecular weight excluding hydrogens is 234 g/mol. The number of aliphatic hydroxyl groups excluding tert-OH is 1. The molecular formula is C12H17N3OS. The van der Waals surface area contributed by atoms with Crippen LogP contribution in [-0.4, -0.2) is 27.2 Å². The van der Waals surface area contributed by atoms with Crippen LogP contribution in [0.15, 0.2) is 18.3 Å². The number of aromatic nitrogens is 1. The van der Waals surface area contributed by atoms with Crippen molar-refractivity contribution in [2.45, 2.75) is 37.8 Å². The van der Waals surface area contributed by atoms with Gasteiger partial charge in [-0.05, 0) is 37.8 Å². The third kappa shape index (κ3) is 3.38. The molecule has 92 valence electrons. The van der Waals surface area contributed by atoms with Crippen molar-refractivity contribution in [1.82, 2.24) is 4.98 Å². The van der Waals surface area contributed by atoms with Crippen molar-refractivity contribution in [3.63, 3.8) is 0 Å². The number of aliphatic hydroxyl groups is 1. The molecule has 5 heteroatoms. The summed E-state index contributed by atoms with van der Waals surface area (Å²) in [6.07, 6.45) is 5.37. The Morgan fingerprint density at radius 1 is 1.35 bits per heavy atom. The fraction of sp³-hybridized carbons (Fsp3) is 0.500. The first-order valence-corrected chi connectivity index (χ1v) is 6.26. The molecule has 1 heterocycles. The van der Waals surface area contributed by atoms with Gasteiger partial charge in [0, 0.05) is 6.04 Å². The highest BCUT2D eigenvalue weighted by molar-refractivity contribution is 7.80. The van der Waals surface area contributed by atoms with Gasteiger partial charge in [-0.3, -0.25) is 4.98 Å². The normalized spacial score (nSPS) is 24.3. The number of pyridine rings is 1. The SMILES string of the molecule is NC(=S)c1ccc(NC2CCC(O)CC2)cn1. The van der Waals surface area contributed by atoms with Crippen LogP contribution in [0.2, 0.25) is 0 Å². The van der Waals surface area contributed by atoms with Crippen LogP contribution in [0.25, 0.3) is 0 Å². The van der Waals surface area contributed by atoms with E-state index >= 15 is 0 Å². The Balaban J connectivity index is 1.92. The topological polar surface area (TPSA) is 71.2 Å². The summed E-state index contributed by atoms with van der Waals surface area (Å²) in [5.41, 5.74) is 7.11. The molecule has 0 unspecified atom stereocenters. The van der Waals surface area contributed by atoms with Gasteiger partial charge in [-0.15, -0.1) is 0 Å². The fourth-order valence-corrected chi connectivity index (χ4v) is 2.20. The van der Waals surface area contributed by atoms with Crippen molar-refractivity contribution in [1.29, 1.82) is 0 Å². The van der Waals surface area contributed by atoms with Gasteiger partial charge in [0.2, 0.25) is 0 Å². The number of rotatable bonds is 3. The largest absolute Gasteiger partial charge is 0.393 e. The third-order valence-corrected chi connectivity index (χ3v) is 3.29. The smallest absolute Gasteiger partial charge is 0.122 e. The van der Waals surface area contributed by atoms with E-state index in [0.29, 0.717) is 16.7 Å². The predicted molar refractivity (Wildman–Crippen MR) is 72.0 cm³/mol. The average Bonchev–Trinajstić information content (AvgIpc) is 2.33. The molecule has 0 aromatic carbocycles. The number of nitrogens with zero attached hydrogens (tertiary/aromatic N) is 1. The Hall–Kier alpha value is -1.20. The maximum absolute atomic E-state index is 9.42. The van der Waals surface area contributed by atoms with Crippen LogP contribution >= 0.6 is 12.2 Å². The lowest BCUT2D eigenvalue weighted by Crippen LogP contribution is -2.28. The minimum atomic E-state index is -0.122. The summed E-state index contributed by atoms with van der Waals surface area (Å²) in [7, 11) is 0. The molecule has 2 rings (SSSR count). The molecule has 1 aliphatic carbocycles. The van der Waals surface area contributed by atoms with Crippen LogP contribution in [0, 0.1) is 0 Å². The number of thiocarbonyl (C=S) groups is 1. The highest BCUT2D eigenvalue weighted by Gasteiger charge is 2.18. The predicted octanol–water partition coefficient (Wildman–Crippen LogP) is 1.43. The summed E-state index contributed by atoms with van der Waals surface area (Å²) < 4.78 is 0. The van der Waals surface area contributed by atoms with Gasteiger partial charge in [-0.25, -0.2) is 0 Å². The van der Waals surface area contributed by atoms with E-state index in [9.17, 15) is 5.11 Å². The number of hydrogen-bond acceptors (Lipinski definition) is 4. The molecule has 1 aliphatic rings. The van der Waals surface area contributed by atoms with E-state index in [1.165, 1.54) is 0 Å². The molecule has 0 atom stereocenters. The van der Waals surface area contributed by atoms with E-state index < -0.39 is 0 Å². The third-order valence-electron chi connectivity index (χ3n) is 3.08. The van der Waals surface area contributed by atoms with Crippen LogP contribution in [0.5, 0.6) is 0 Å². The van der Waals surface area contributed by atoms with Crippen LogP contribution in [0.1, 0.15) is 31.4 Å². The van der Waals surface area contributed by atoms with E-state index in [2.05, 4.69) is 10.3 Å². The van der Waals surface area contributed by atoms with Crippen molar-refractivity contribution in [3.8, 4) is 0 Å². The van der Waals surface area contributed by atoms with Crippen molar-refractivity contribution in [2.24, 2.45) is 5.73 Å². The Morgan fingerprint density at radius 3 is 2.59 bits per heavy atom. The Morgan fingerprint density at radius 2 is 2.06 bits per heavy atom. The molecule has 0 amide bonds. The van der Waals surface area contributed by atoms with Gasteiger partial charge in [-0.2, -0.15) is 0 Å². The molecule has 0 saturated heterocycles. The number of nitrogens with two attached hydrogens (primary N) is 1. The number of hydrogen-bond donors (Lipinski definition) is 3. The molecule has 17 heavy (non-hydrogen) atoms. The monoisotopic (exact) mass is 251 g/mol. The zero-order valence-corrected chi connectivity index (χ0v) is 10.4. The maximum Gasteiger partial charge on any atom is 0.122 e. The molecule has 0 bridgehead atoms. The molecule has 0 spiro atoms. The summed E-state index contributed by atoms with van der Waals surface area (Å²) in [6.45, 7) is 0. The molecule has 1 aromatic heterocycles. The zero-order valence-electron chi connectivity index (χ0n) is 9.60. The number of anilines is 1. The summed E-state index contributed by atoms with van der Waals surface area (Å²) in [6, 6.07) is 4.19. The van der Waals surface area contributed by atoms with Crippen LogP contribution in [-0.2, 0) is 0 Å². The Kier molecular flexibility index (Phi) is 3.91. The molecule has 1 fully saturated rings. The molecule has 4 N–H and O–H groups in total. The highest BCUT2D eigenvalue weighted by atomic mass is 32.1. The van der Waals surface area contributed by atoms with Gasteiger partial charge in [0.05, 0.1) is 23.7 Å². The van der Waals surface area contributed by atoms with Gasteiger partial charge in [0.15, 0.2) is 0 Å². The van der Waals surface area contributed by atoms with Crippen molar-refractivity contribution in [3.05, 3.63) is 24.0 Å². The van der Waals surface area contributed by atoms with E-state index in [1.807, 2.05) is 12.1 Å². The molecule has 0 radical (unpaired) electrons. The zero-order chi connectivity index (χ0) is 12.3. The highest BCUT2D eigenvalue weighted by Crippen LogP contribution is 2.21. The molecule has 1 aromatic rings. The molecule has 1 saturated carbocycles. The maximum atomic E-state index is 9.42. The summed E-state index contributed by atoms with van der Waals surface area (Å²) in [5.74, 6) is 0. The number of nitrogens with one attached hydrogen (secondary N) is 1. The van der Waals surface area contributed by atoms with Crippen molar-refractivity contribution < 1.29 is 5.11 Å². The van der Waals surface area contributed by atoms with E-state index in [0.717, 1.165) is 31.4 Å². The minimum absolute atomic E-state index is 0.122. The first kappa shape index (κ1) is 12.3. The van der Waals surface area contributed by atoms with Gasteiger partial charge < -0.3 is 16.2 Å². The van der Waals surface area contributed by atoms with Gasteiger partial charge in [-0.1, -0.05) is 12.2 Å². The van der Waals surface area contributed by atoms with Crippen LogP contribution in [0.4, 0.5) is 5.69 Å². The Bertz CT molecular complexity index is 385. The van der Waals surface area contributed by atoms with E-state index in [-0.39, 0.29) is 6.10 Å². The lowest BCUT2D eigenvalue weighted by molar-refractivity contribution is 0.126. The van der Waals surface area contributed by atoms with Gasteiger partial charge in [0.1, 0.15) is 4.99 Å². The first-order valence-electron chi connectivity index (χ1n) is 5.85. The summed E-state index contributed by atoms with van der Waals surface area (Å²) in [5, 5.41) is 12.8. The van der Waals surface area contributed by atoms with E-state index in [1.54, 1.807) is 6.20 Å². The summed E-state index contributed by atoms with van der Waals surface area (Å²) >= 11 is 4.85. The Labute approximate surface area is 106 Å². The van der Waals surface area contributed by atoms with Crippen LogP contribution in [0.3, 0.4) is 0 Å². The molecule has 4 nitrogen and oxygen atoms in total. The van der Waals surface area contributed by atoms with Gasteiger partial charge >= 0.3 is 0 Å². The van der Waals surface area contributed by atoms with Crippen LogP contribution < -0.4 is 11.1 Å². The minimum Gasteiger partial charge on any atom is -0.393 e. The molecule has 0 aliphatic heterocycles. The second-order valence-corrected chi connectivity index (χ2v) is 4.89. The van der Waals surface area contributed by atoms with Crippen molar-refractivity contribution in [2.75, 3.05) is 5.32 Å². The lowest BCUT2D eigenvalue weighted by atomic mass is 9.93. The van der Waals surface area contributed by atoms with Gasteiger partial charge in [0.25, 0.3) is 0 Å². The second kappa shape index (κ2) is 5.42. The van der Waals surface area contributed by atoms with E-state index in [4.69, 9.17) is 18.0 Å². The lowest BCUT2D eigenvalue weighted by Gasteiger charge is -2.26. The second-order valence-electron chi connectivity index (χ2n) is 4.45. The standard InChI is InChI=1S/C12H17N3OS/c13-12(17)11-6-3-9(7-14-11)15-8-1-4-10(16)5-2-8/h3,6-8,10,15-16H,1-2,4-5H2,(H2,13,17). The first-order chi connectivity index (χ1) is 8.15. The fourth-order valence-electron chi connectivity index (χ4n) is 2.08. The summed E-state index contributed by atoms with van der Waals surface area (Å²) in [4.78, 5) is 4.50.